The van der Waals surface area contributed by atoms with Crippen molar-refractivity contribution in [2.24, 2.45) is 4.99 Å². The number of carbonyl (C=O) groups is 2. The zero-order valence-electron chi connectivity index (χ0n) is 23.2. The molecule has 8 nitrogen and oxygen atoms in total. The second-order valence-corrected chi connectivity index (χ2v) is 8.87. The van der Waals surface area contributed by atoms with Crippen LogP contribution in [0.15, 0.2) is 42.0 Å². The molecule has 8 heteroatoms. The highest BCUT2D eigenvalue weighted by Crippen LogP contribution is 2.32. The maximum atomic E-state index is 11.7. The van der Waals surface area contributed by atoms with Gasteiger partial charge in [-0.2, -0.15) is 0 Å². The third-order valence-electron chi connectivity index (χ3n) is 5.87. The van der Waals surface area contributed by atoms with Crippen LogP contribution in [0.25, 0.3) is 0 Å². The average molecular weight is 495 g/mol. The Morgan fingerprint density at radius 2 is 1.69 bits per heavy atom. The number of rotatable bonds is 5. The summed E-state index contributed by atoms with van der Waals surface area (Å²) >= 11 is 0. The fraction of sp³-hybridized carbons (Fsp3) is 0.464. The van der Waals surface area contributed by atoms with Crippen molar-refractivity contribution in [2.45, 2.75) is 54.4 Å². The topological polar surface area (TPSA) is 82.0 Å². The maximum Gasteiger partial charge on any atom is 0.219 e. The minimum absolute atomic E-state index is 0.230. The lowest BCUT2D eigenvalue weighted by molar-refractivity contribution is -0.119. The molecule has 0 radical (unpaired) electrons. The van der Waals surface area contributed by atoms with Crippen molar-refractivity contribution < 1.29 is 9.59 Å². The number of aliphatic imine (C=N–C) groups is 1. The monoisotopic (exact) mass is 494 g/mol. The lowest BCUT2D eigenvalue weighted by Gasteiger charge is -2.33. The first-order chi connectivity index (χ1) is 17.1. The van der Waals surface area contributed by atoms with Crippen LogP contribution in [0.2, 0.25) is 0 Å². The summed E-state index contributed by atoms with van der Waals surface area (Å²) in [5.74, 6) is 1.92. The van der Waals surface area contributed by atoms with Crippen LogP contribution in [0.5, 0.6) is 0 Å². The van der Waals surface area contributed by atoms with Gasteiger partial charge in [0.25, 0.3) is 0 Å². The largest absolute Gasteiger partial charge is 0.357 e. The third kappa shape index (κ3) is 8.59. The van der Waals surface area contributed by atoms with Crippen molar-refractivity contribution >= 4 is 30.2 Å². The Bertz CT molecular complexity index is 1030. The number of aromatic nitrogens is 2. The predicted molar refractivity (Wildman–Crippen MR) is 149 cm³/mol. The number of amides is 2. The highest BCUT2D eigenvalue weighted by Gasteiger charge is 2.19. The number of carbonyl (C=O) groups excluding carboxylic acids is 2. The third-order valence-corrected chi connectivity index (χ3v) is 5.87. The van der Waals surface area contributed by atoms with Gasteiger partial charge >= 0.3 is 0 Å². The SMILES string of the molecule is C=CC.CN=C(C)N1CCN(C=O)CC1.Cc1ccc(N(C=O)c2c(C)ccnc2C(C)C)nc1C. The molecule has 36 heavy (non-hydrogen) atoms. The number of anilines is 2. The molecule has 0 bridgehead atoms. The molecule has 1 aliphatic heterocycles. The first-order valence-electron chi connectivity index (χ1n) is 12.2. The van der Waals surface area contributed by atoms with Gasteiger partial charge in [-0.1, -0.05) is 26.0 Å². The van der Waals surface area contributed by atoms with E-state index in [0.717, 1.165) is 73.0 Å². The summed E-state index contributed by atoms with van der Waals surface area (Å²) in [5, 5.41) is 0. The Morgan fingerprint density at radius 3 is 2.17 bits per heavy atom. The van der Waals surface area contributed by atoms with Crippen molar-refractivity contribution in [1.29, 1.82) is 0 Å². The first-order valence-corrected chi connectivity index (χ1v) is 12.2. The van der Waals surface area contributed by atoms with Crippen molar-refractivity contribution in [2.75, 3.05) is 38.1 Å². The maximum absolute atomic E-state index is 11.7. The van der Waals surface area contributed by atoms with Gasteiger partial charge in [-0.15, -0.1) is 6.58 Å². The molecule has 2 aromatic heterocycles. The Balaban J connectivity index is 0.000000365. The van der Waals surface area contributed by atoms with E-state index in [0.29, 0.717) is 5.82 Å². The quantitative estimate of drug-likeness (QED) is 0.258. The molecule has 196 valence electrons. The highest BCUT2D eigenvalue weighted by atomic mass is 16.1. The Morgan fingerprint density at radius 1 is 1.08 bits per heavy atom. The van der Waals surface area contributed by atoms with Crippen LogP contribution >= 0.6 is 0 Å². The predicted octanol–water partition coefficient (Wildman–Crippen LogP) is 4.82. The van der Waals surface area contributed by atoms with E-state index in [1.807, 2.05) is 52.8 Å². The molecule has 1 saturated heterocycles. The second kappa shape index (κ2) is 15.4. The number of piperazine rings is 1. The zero-order chi connectivity index (χ0) is 27.3. The minimum atomic E-state index is 0.230. The Hall–Kier alpha value is -3.55. The van der Waals surface area contributed by atoms with Gasteiger partial charge in [0, 0.05) is 45.1 Å². The number of nitrogens with zero attached hydrogens (tertiary/aromatic N) is 6. The normalized spacial score (nSPS) is 13.2. The number of pyridine rings is 2. The average Bonchev–Trinajstić information content (AvgIpc) is 2.87. The van der Waals surface area contributed by atoms with E-state index < -0.39 is 0 Å². The van der Waals surface area contributed by atoms with Crippen molar-refractivity contribution in [3.63, 3.8) is 0 Å². The molecule has 0 spiro atoms. The molecule has 0 saturated carbocycles. The van der Waals surface area contributed by atoms with Crippen LogP contribution in [-0.2, 0) is 9.59 Å². The second-order valence-electron chi connectivity index (χ2n) is 8.87. The summed E-state index contributed by atoms with van der Waals surface area (Å²) in [4.78, 5) is 40.7. The van der Waals surface area contributed by atoms with Crippen molar-refractivity contribution in [1.82, 2.24) is 19.8 Å². The van der Waals surface area contributed by atoms with Gasteiger partial charge in [-0.05, 0) is 63.8 Å². The molecule has 1 fully saturated rings. The van der Waals surface area contributed by atoms with Gasteiger partial charge in [0.2, 0.25) is 12.8 Å². The van der Waals surface area contributed by atoms with Crippen LogP contribution in [0.3, 0.4) is 0 Å². The summed E-state index contributed by atoms with van der Waals surface area (Å²) < 4.78 is 0. The Kier molecular flexibility index (Phi) is 13.1. The van der Waals surface area contributed by atoms with E-state index in [1.54, 1.807) is 29.1 Å². The van der Waals surface area contributed by atoms with Crippen LogP contribution in [-0.4, -0.2) is 71.7 Å². The van der Waals surface area contributed by atoms with Crippen LogP contribution in [0.1, 0.15) is 56.1 Å². The Labute approximate surface area is 216 Å². The summed E-state index contributed by atoms with van der Waals surface area (Å²) in [6.07, 6.45) is 5.26. The van der Waals surface area contributed by atoms with E-state index in [9.17, 15) is 9.59 Å². The van der Waals surface area contributed by atoms with Gasteiger partial charge < -0.3 is 9.80 Å². The molecule has 3 heterocycles. The summed E-state index contributed by atoms with van der Waals surface area (Å²) in [6, 6.07) is 5.76. The fourth-order valence-corrected chi connectivity index (χ4v) is 3.57. The number of allylic oxidation sites excluding steroid dienone is 1. The molecular weight excluding hydrogens is 452 g/mol. The first kappa shape index (κ1) is 30.5. The lowest BCUT2D eigenvalue weighted by atomic mass is 10.0. The van der Waals surface area contributed by atoms with Gasteiger partial charge in [0.15, 0.2) is 0 Å². The number of hydrogen-bond acceptors (Lipinski definition) is 5. The minimum Gasteiger partial charge on any atom is -0.357 e. The zero-order valence-corrected chi connectivity index (χ0v) is 23.2. The molecule has 1 aliphatic rings. The van der Waals surface area contributed by atoms with Gasteiger partial charge in [0.1, 0.15) is 5.82 Å². The van der Waals surface area contributed by atoms with Gasteiger partial charge in [-0.3, -0.25) is 24.5 Å². The van der Waals surface area contributed by atoms with Crippen LogP contribution in [0, 0.1) is 20.8 Å². The molecular formula is C28H42N6O2. The molecule has 3 rings (SSSR count). The number of aryl methyl sites for hydroxylation is 3. The molecule has 2 aromatic rings. The number of amidine groups is 1. The standard InChI is InChI=1S/C17H21N3O.C8H15N3O.C3H6/c1-11(2)16-17(13(4)8-9-18-16)20(10-21)15-7-6-12(3)14(5)19-15;1-8(9-2)11-5-3-10(7-12)4-6-11;1-3-2/h6-11H,1-5H3;7H,3-6H2,1-2H3;3H,1H2,2H3. The number of hydrogen-bond donors (Lipinski definition) is 0. The van der Waals surface area contributed by atoms with Crippen molar-refractivity contribution in [3.05, 3.63) is 59.6 Å². The van der Waals surface area contributed by atoms with E-state index >= 15 is 0 Å². The molecule has 0 aromatic carbocycles. The van der Waals surface area contributed by atoms with E-state index in [2.05, 4.69) is 40.3 Å². The van der Waals surface area contributed by atoms with Crippen LogP contribution < -0.4 is 4.90 Å². The van der Waals surface area contributed by atoms with E-state index in [-0.39, 0.29) is 5.92 Å². The summed E-state index contributed by atoms with van der Waals surface area (Å²) in [6.45, 7) is 20.8. The highest BCUT2D eigenvalue weighted by molar-refractivity contribution is 5.87. The van der Waals surface area contributed by atoms with E-state index in [1.165, 1.54) is 0 Å². The van der Waals surface area contributed by atoms with Gasteiger partial charge in [-0.25, -0.2) is 4.98 Å². The van der Waals surface area contributed by atoms with Gasteiger partial charge in [0.05, 0.1) is 17.2 Å². The summed E-state index contributed by atoms with van der Waals surface area (Å²) in [7, 11) is 1.79. The molecule has 0 N–H and O–H groups in total. The lowest BCUT2D eigenvalue weighted by Crippen LogP contribution is -2.47. The molecule has 2 amide bonds. The van der Waals surface area contributed by atoms with Crippen molar-refractivity contribution in [3.8, 4) is 0 Å². The smallest absolute Gasteiger partial charge is 0.219 e. The van der Waals surface area contributed by atoms with Crippen LogP contribution in [0.4, 0.5) is 11.5 Å². The molecule has 0 aliphatic carbocycles. The van der Waals surface area contributed by atoms with E-state index in [4.69, 9.17) is 0 Å². The molecule has 0 unspecified atom stereocenters. The summed E-state index contributed by atoms with van der Waals surface area (Å²) in [5.41, 5.74) is 4.78. The fourth-order valence-electron chi connectivity index (χ4n) is 3.57. The molecule has 0 atom stereocenters.